The Morgan fingerprint density at radius 1 is 1.56 bits per heavy atom. The number of halogens is 1. The van der Waals surface area contributed by atoms with Gasteiger partial charge in [0, 0.05) is 12.5 Å². The van der Waals surface area contributed by atoms with E-state index < -0.39 is 0 Å². The minimum absolute atomic E-state index is 0.690. The van der Waals surface area contributed by atoms with Gasteiger partial charge in [0.2, 0.25) is 0 Å². The first-order valence-electron chi connectivity index (χ1n) is 3.16. The molecule has 1 nitrogen and oxygen atoms in total. The van der Waals surface area contributed by atoms with Gasteiger partial charge in [-0.3, -0.25) is 0 Å². The highest BCUT2D eigenvalue weighted by atomic mass is 35.5. The number of allylic oxidation sites excluding steroid dienone is 1. The molecule has 0 aliphatic carbocycles. The third kappa shape index (κ3) is 7.99. The zero-order valence-electron chi connectivity index (χ0n) is 5.77. The summed E-state index contributed by atoms with van der Waals surface area (Å²) in [6, 6.07) is 0. The number of hydrogen-bond acceptors (Lipinski definition) is 1. The topological polar surface area (TPSA) is 9.23 Å². The average molecular weight is 149 g/mol. The fraction of sp³-hybridized carbons (Fsp3) is 0.714. The molecule has 9 heavy (non-hydrogen) atoms. The summed E-state index contributed by atoms with van der Waals surface area (Å²) in [6.07, 6.45) is 4.90. The molecule has 54 valence electrons. The number of alkyl halides is 1. The van der Waals surface area contributed by atoms with Crippen LogP contribution < -0.4 is 0 Å². The van der Waals surface area contributed by atoms with Crippen molar-refractivity contribution in [1.82, 2.24) is 0 Å². The summed E-state index contributed by atoms with van der Waals surface area (Å²) in [4.78, 5) is 0. The average Bonchev–Trinajstić information content (AvgIpc) is 1.89. The van der Waals surface area contributed by atoms with Gasteiger partial charge in [0.15, 0.2) is 0 Å². The molecule has 0 radical (unpaired) electrons. The van der Waals surface area contributed by atoms with Gasteiger partial charge in [-0.15, -0.1) is 11.6 Å². The molecule has 0 unspecified atom stereocenters. The van der Waals surface area contributed by atoms with Crippen LogP contribution in [0.4, 0.5) is 0 Å². The molecule has 0 amide bonds. The molecule has 0 rings (SSSR count). The van der Waals surface area contributed by atoms with Gasteiger partial charge in [-0.2, -0.15) is 0 Å². The number of hydrogen-bond donors (Lipinski definition) is 0. The third-order valence-corrected chi connectivity index (χ3v) is 1.14. The predicted octanol–water partition coefficient (Wildman–Crippen LogP) is 2.21. The minimum atomic E-state index is 0.690. The standard InChI is InChI=1S/C7H13ClO/c1-2-3-6-9-7-4-5-8/h2-3H,4-7H2,1H3/b3-2+. The largest absolute Gasteiger partial charge is 0.377 e. The highest BCUT2D eigenvalue weighted by Gasteiger charge is 1.81. The molecule has 0 aromatic rings. The van der Waals surface area contributed by atoms with E-state index >= 15 is 0 Å². The van der Waals surface area contributed by atoms with Crippen LogP contribution in [0.25, 0.3) is 0 Å². The summed E-state index contributed by atoms with van der Waals surface area (Å²) >= 11 is 5.42. The monoisotopic (exact) mass is 148 g/mol. The molecule has 0 atom stereocenters. The van der Waals surface area contributed by atoms with Crippen molar-refractivity contribution in [2.24, 2.45) is 0 Å². The normalized spacial score (nSPS) is 10.9. The summed E-state index contributed by atoms with van der Waals surface area (Å²) in [7, 11) is 0. The van der Waals surface area contributed by atoms with Crippen molar-refractivity contribution >= 4 is 11.6 Å². The van der Waals surface area contributed by atoms with E-state index in [1.54, 1.807) is 0 Å². The van der Waals surface area contributed by atoms with Crippen LogP contribution in [0.5, 0.6) is 0 Å². The van der Waals surface area contributed by atoms with Crippen molar-refractivity contribution in [3.05, 3.63) is 12.2 Å². The lowest BCUT2D eigenvalue weighted by atomic mass is 10.5. The first-order chi connectivity index (χ1) is 4.41. The second kappa shape index (κ2) is 7.99. The molecule has 0 fully saturated rings. The van der Waals surface area contributed by atoms with Crippen LogP contribution in [0.15, 0.2) is 12.2 Å². The molecule has 0 aliphatic rings. The maximum Gasteiger partial charge on any atom is 0.0647 e. The van der Waals surface area contributed by atoms with Gasteiger partial charge in [-0.05, 0) is 13.3 Å². The summed E-state index contributed by atoms with van der Waals surface area (Å²) in [5.41, 5.74) is 0. The molecule has 0 aromatic heterocycles. The first-order valence-corrected chi connectivity index (χ1v) is 3.70. The maximum absolute atomic E-state index is 5.42. The smallest absolute Gasteiger partial charge is 0.0647 e. The summed E-state index contributed by atoms with van der Waals surface area (Å²) in [6.45, 7) is 3.46. The lowest BCUT2D eigenvalue weighted by Gasteiger charge is -1.95. The van der Waals surface area contributed by atoms with Gasteiger partial charge >= 0.3 is 0 Å². The van der Waals surface area contributed by atoms with Gasteiger partial charge in [0.25, 0.3) is 0 Å². The van der Waals surface area contributed by atoms with E-state index in [4.69, 9.17) is 16.3 Å². The summed E-state index contributed by atoms with van der Waals surface area (Å²) in [5.74, 6) is 0.690. The number of ether oxygens (including phenoxy) is 1. The van der Waals surface area contributed by atoms with Crippen LogP contribution in [-0.2, 0) is 4.74 Å². The van der Waals surface area contributed by atoms with E-state index in [1.807, 2.05) is 19.1 Å². The van der Waals surface area contributed by atoms with Gasteiger partial charge in [0.1, 0.15) is 0 Å². The van der Waals surface area contributed by atoms with Crippen molar-refractivity contribution in [1.29, 1.82) is 0 Å². The van der Waals surface area contributed by atoms with Crippen LogP contribution in [0.1, 0.15) is 13.3 Å². The fourth-order valence-electron chi connectivity index (χ4n) is 0.404. The van der Waals surface area contributed by atoms with Crippen molar-refractivity contribution in [3.63, 3.8) is 0 Å². The first kappa shape index (κ1) is 8.99. The van der Waals surface area contributed by atoms with E-state index in [-0.39, 0.29) is 0 Å². The van der Waals surface area contributed by atoms with E-state index in [9.17, 15) is 0 Å². The van der Waals surface area contributed by atoms with E-state index in [0.717, 1.165) is 13.0 Å². The van der Waals surface area contributed by atoms with Crippen LogP contribution in [0, 0.1) is 0 Å². The molecule has 0 bridgehead atoms. The Morgan fingerprint density at radius 3 is 2.89 bits per heavy atom. The number of rotatable bonds is 5. The molecule has 0 saturated carbocycles. The van der Waals surface area contributed by atoms with Crippen LogP contribution in [0.2, 0.25) is 0 Å². The second-order valence-electron chi connectivity index (χ2n) is 1.69. The molecule has 0 saturated heterocycles. The van der Waals surface area contributed by atoms with E-state index in [1.165, 1.54) is 0 Å². The third-order valence-electron chi connectivity index (χ3n) is 0.872. The highest BCUT2D eigenvalue weighted by molar-refractivity contribution is 6.17. The van der Waals surface area contributed by atoms with Gasteiger partial charge < -0.3 is 4.74 Å². The molecule has 2 heteroatoms. The second-order valence-corrected chi connectivity index (χ2v) is 2.06. The van der Waals surface area contributed by atoms with Crippen LogP contribution in [-0.4, -0.2) is 19.1 Å². The Morgan fingerprint density at radius 2 is 2.33 bits per heavy atom. The van der Waals surface area contributed by atoms with Gasteiger partial charge in [-0.1, -0.05) is 12.2 Å². The fourth-order valence-corrected chi connectivity index (χ4v) is 0.513. The molecular formula is C7H13ClO. The highest BCUT2D eigenvalue weighted by Crippen LogP contribution is 1.85. The Hall–Kier alpha value is -0.0100. The van der Waals surface area contributed by atoms with Gasteiger partial charge in [0.05, 0.1) is 6.61 Å². The molecule has 0 spiro atoms. The van der Waals surface area contributed by atoms with Gasteiger partial charge in [-0.25, -0.2) is 0 Å². The Kier molecular flexibility index (Phi) is 7.98. The molecule has 0 N–H and O–H groups in total. The molecule has 0 aromatic carbocycles. The van der Waals surface area contributed by atoms with Crippen molar-refractivity contribution in [2.75, 3.05) is 19.1 Å². The lowest BCUT2D eigenvalue weighted by Crippen LogP contribution is -1.94. The Bertz CT molecular complexity index is 71.3. The molecule has 0 aliphatic heterocycles. The van der Waals surface area contributed by atoms with Crippen molar-refractivity contribution in [2.45, 2.75) is 13.3 Å². The zero-order valence-corrected chi connectivity index (χ0v) is 6.53. The minimum Gasteiger partial charge on any atom is -0.377 e. The van der Waals surface area contributed by atoms with Crippen molar-refractivity contribution < 1.29 is 4.74 Å². The molecule has 0 heterocycles. The Labute approximate surface area is 61.7 Å². The van der Waals surface area contributed by atoms with Crippen LogP contribution >= 0.6 is 11.6 Å². The van der Waals surface area contributed by atoms with E-state index in [2.05, 4.69) is 0 Å². The summed E-state index contributed by atoms with van der Waals surface area (Å²) in [5, 5.41) is 0. The SMILES string of the molecule is C/C=C/COCCCCl. The predicted molar refractivity (Wildman–Crippen MR) is 41.0 cm³/mol. The maximum atomic E-state index is 5.42. The van der Waals surface area contributed by atoms with Crippen LogP contribution in [0.3, 0.4) is 0 Å². The summed E-state index contributed by atoms with van der Waals surface area (Å²) < 4.78 is 5.14. The quantitative estimate of drug-likeness (QED) is 0.330. The molecular weight excluding hydrogens is 136 g/mol. The van der Waals surface area contributed by atoms with Crippen molar-refractivity contribution in [3.8, 4) is 0 Å². The Balaban J connectivity index is 2.75. The lowest BCUT2D eigenvalue weighted by molar-refractivity contribution is 0.163. The van der Waals surface area contributed by atoms with E-state index in [0.29, 0.717) is 12.5 Å². The zero-order chi connectivity index (χ0) is 6.95.